The summed E-state index contributed by atoms with van der Waals surface area (Å²) in [5.41, 5.74) is 0.959. The second-order valence-electron chi connectivity index (χ2n) is 4.62. The van der Waals surface area contributed by atoms with Gasteiger partial charge in [0.15, 0.2) is 0 Å². The lowest BCUT2D eigenvalue weighted by Gasteiger charge is -2.19. The summed E-state index contributed by atoms with van der Waals surface area (Å²) >= 11 is 14.0. The molecule has 21 heavy (non-hydrogen) atoms. The zero-order valence-electron chi connectivity index (χ0n) is 12.1. The normalized spacial score (nSPS) is 12.8. The van der Waals surface area contributed by atoms with Gasteiger partial charge in [0.1, 0.15) is 0 Å². The zero-order chi connectivity index (χ0) is 15.2. The van der Waals surface area contributed by atoms with Gasteiger partial charge in [-0.05, 0) is 25.1 Å². The number of ether oxygens (including phenoxy) is 1. The molecule has 0 spiro atoms. The predicted molar refractivity (Wildman–Crippen MR) is 88.6 cm³/mol. The number of thiophene rings is 1. The van der Waals surface area contributed by atoms with E-state index in [0.717, 1.165) is 27.9 Å². The average molecular weight is 348 g/mol. The van der Waals surface area contributed by atoms with Gasteiger partial charge in [0.25, 0.3) is 0 Å². The largest absolute Gasteiger partial charge is 0.383 e. The molecule has 0 aliphatic carbocycles. The van der Waals surface area contributed by atoms with E-state index in [1.165, 1.54) is 0 Å². The van der Waals surface area contributed by atoms with Crippen LogP contribution in [0.2, 0.25) is 9.36 Å². The van der Waals surface area contributed by atoms with Gasteiger partial charge < -0.3 is 10.1 Å². The molecule has 0 amide bonds. The summed E-state index contributed by atoms with van der Waals surface area (Å²) in [5, 5.41) is 8.53. The van der Waals surface area contributed by atoms with Crippen molar-refractivity contribution < 1.29 is 4.74 Å². The first kappa shape index (κ1) is 16.8. The van der Waals surface area contributed by atoms with E-state index in [1.807, 2.05) is 16.8 Å². The first-order valence-corrected chi connectivity index (χ1v) is 8.43. The average Bonchev–Trinajstić information content (AvgIpc) is 3.05. The molecule has 0 aromatic carbocycles. The topological polar surface area (TPSA) is 39.1 Å². The van der Waals surface area contributed by atoms with Crippen molar-refractivity contribution in [1.29, 1.82) is 0 Å². The molecule has 2 heterocycles. The van der Waals surface area contributed by atoms with Gasteiger partial charge in [-0.25, -0.2) is 0 Å². The maximum absolute atomic E-state index is 6.36. The van der Waals surface area contributed by atoms with Crippen LogP contribution in [-0.2, 0) is 11.3 Å². The number of rotatable bonds is 8. The Morgan fingerprint density at radius 2 is 2.24 bits per heavy atom. The van der Waals surface area contributed by atoms with Crippen molar-refractivity contribution >= 4 is 34.5 Å². The van der Waals surface area contributed by atoms with E-state index in [4.69, 9.17) is 27.9 Å². The van der Waals surface area contributed by atoms with E-state index >= 15 is 0 Å². The van der Waals surface area contributed by atoms with Crippen LogP contribution in [-0.4, -0.2) is 30.0 Å². The highest BCUT2D eigenvalue weighted by molar-refractivity contribution is 7.16. The summed E-state index contributed by atoms with van der Waals surface area (Å²) in [7, 11) is 1.68. The molecule has 0 saturated heterocycles. The van der Waals surface area contributed by atoms with Gasteiger partial charge in [-0.15, -0.1) is 11.3 Å². The Morgan fingerprint density at radius 3 is 2.86 bits per heavy atom. The van der Waals surface area contributed by atoms with Gasteiger partial charge in [-0.1, -0.05) is 30.1 Å². The lowest BCUT2D eigenvalue weighted by molar-refractivity contribution is 0.182. The maximum atomic E-state index is 6.36. The van der Waals surface area contributed by atoms with Crippen LogP contribution in [0.4, 0.5) is 0 Å². The van der Waals surface area contributed by atoms with Crippen LogP contribution in [0.5, 0.6) is 0 Å². The van der Waals surface area contributed by atoms with Crippen molar-refractivity contribution in [3.8, 4) is 0 Å². The van der Waals surface area contributed by atoms with Crippen LogP contribution < -0.4 is 5.32 Å². The van der Waals surface area contributed by atoms with Crippen molar-refractivity contribution in [2.24, 2.45) is 0 Å². The van der Waals surface area contributed by atoms with E-state index in [1.54, 1.807) is 24.6 Å². The molecule has 2 aromatic heterocycles. The van der Waals surface area contributed by atoms with E-state index in [2.05, 4.69) is 17.3 Å². The zero-order valence-corrected chi connectivity index (χ0v) is 14.4. The number of nitrogens with zero attached hydrogens (tertiary/aromatic N) is 2. The Hall–Kier alpha value is -0.590. The van der Waals surface area contributed by atoms with E-state index in [9.17, 15) is 0 Å². The number of halogens is 2. The van der Waals surface area contributed by atoms with Crippen LogP contribution in [0.25, 0.3) is 0 Å². The third kappa shape index (κ3) is 4.20. The molecular formula is C14H19Cl2N3OS. The smallest absolute Gasteiger partial charge is 0.0931 e. The second-order valence-corrected chi connectivity index (χ2v) is 6.78. The van der Waals surface area contributed by atoms with Gasteiger partial charge in [-0.2, -0.15) is 5.10 Å². The minimum atomic E-state index is -0.00527. The molecule has 0 fully saturated rings. The van der Waals surface area contributed by atoms with Gasteiger partial charge in [0.2, 0.25) is 0 Å². The van der Waals surface area contributed by atoms with Gasteiger partial charge in [0.05, 0.1) is 40.4 Å². The highest BCUT2D eigenvalue weighted by Crippen LogP contribution is 2.34. The van der Waals surface area contributed by atoms with Crippen LogP contribution >= 0.6 is 34.5 Å². The molecule has 7 heteroatoms. The second kappa shape index (κ2) is 8.15. The van der Waals surface area contributed by atoms with Gasteiger partial charge in [0, 0.05) is 12.0 Å². The van der Waals surface area contributed by atoms with Gasteiger partial charge in [-0.3, -0.25) is 4.68 Å². The van der Waals surface area contributed by atoms with Crippen molar-refractivity contribution in [1.82, 2.24) is 15.1 Å². The Labute approximate surface area is 139 Å². The molecule has 0 aliphatic rings. The molecule has 4 nitrogen and oxygen atoms in total. The third-order valence-electron chi connectivity index (χ3n) is 3.09. The number of nitrogens with one attached hydrogen (secondary N) is 1. The fourth-order valence-electron chi connectivity index (χ4n) is 2.12. The van der Waals surface area contributed by atoms with Gasteiger partial charge >= 0.3 is 0 Å². The molecule has 116 valence electrons. The molecule has 0 bridgehead atoms. The molecular weight excluding hydrogens is 329 g/mol. The standard InChI is InChI=1S/C14H19Cl2N3OS/c1-3-6-17-13(11-4-5-12(16)21-11)14-10(15)9-18-19(14)7-8-20-2/h4-5,9,13,17H,3,6-8H2,1-2H3. The summed E-state index contributed by atoms with van der Waals surface area (Å²) in [6.07, 6.45) is 2.72. The monoisotopic (exact) mass is 347 g/mol. The SMILES string of the molecule is CCCNC(c1ccc(Cl)s1)c1c(Cl)cnn1CCOC. The molecule has 1 unspecified atom stereocenters. The number of aromatic nitrogens is 2. The third-order valence-corrected chi connectivity index (χ3v) is 4.68. The molecule has 2 aromatic rings. The quantitative estimate of drug-likeness (QED) is 0.784. The van der Waals surface area contributed by atoms with Crippen LogP contribution in [0.15, 0.2) is 18.3 Å². The first-order valence-electron chi connectivity index (χ1n) is 6.86. The summed E-state index contributed by atoms with van der Waals surface area (Å²) in [5.74, 6) is 0. The van der Waals surface area contributed by atoms with Crippen molar-refractivity contribution in [3.63, 3.8) is 0 Å². The Balaban J connectivity index is 2.33. The molecule has 1 atom stereocenters. The molecule has 0 radical (unpaired) electrons. The van der Waals surface area contributed by atoms with E-state index in [0.29, 0.717) is 18.2 Å². The number of hydrogen-bond donors (Lipinski definition) is 1. The Kier molecular flexibility index (Phi) is 6.51. The molecule has 0 saturated carbocycles. The fraction of sp³-hybridized carbons (Fsp3) is 0.500. The molecule has 2 rings (SSSR count). The van der Waals surface area contributed by atoms with Crippen LogP contribution in [0.1, 0.15) is 30.0 Å². The summed E-state index contributed by atoms with van der Waals surface area (Å²) in [6.45, 7) is 4.29. The van der Waals surface area contributed by atoms with Crippen molar-refractivity contribution in [2.75, 3.05) is 20.3 Å². The first-order chi connectivity index (χ1) is 10.2. The van der Waals surface area contributed by atoms with Crippen LogP contribution in [0.3, 0.4) is 0 Å². The lowest BCUT2D eigenvalue weighted by Crippen LogP contribution is -2.26. The Bertz CT molecular complexity index is 570. The fourth-order valence-corrected chi connectivity index (χ4v) is 3.51. The summed E-state index contributed by atoms with van der Waals surface area (Å²) in [4.78, 5) is 1.13. The van der Waals surface area contributed by atoms with Crippen molar-refractivity contribution in [3.05, 3.63) is 38.3 Å². The van der Waals surface area contributed by atoms with E-state index in [-0.39, 0.29) is 6.04 Å². The predicted octanol–water partition coefficient (Wildman–Crippen LogP) is 3.99. The van der Waals surface area contributed by atoms with E-state index < -0.39 is 0 Å². The summed E-state index contributed by atoms with van der Waals surface area (Å²) < 4.78 is 7.80. The molecule has 0 aliphatic heterocycles. The van der Waals surface area contributed by atoms with Crippen LogP contribution in [0, 0.1) is 0 Å². The minimum Gasteiger partial charge on any atom is -0.383 e. The minimum absolute atomic E-state index is 0.00527. The summed E-state index contributed by atoms with van der Waals surface area (Å²) in [6, 6.07) is 3.94. The lowest BCUT2D eigenvalue weighted by atomic mass is 10.1. The highest BCUT2D eigenvalue weighted by Gasteiger charge is 2.23. The maximum Gasteiger partial charge on any atom is 0.0931 e. The highest BCUT2D eigenvalue weighted by atomic mass is 35.5. The number of methoxy groups -OCH3 is 1. The number of hydrogen-bond acceptors (Lipinski definition) is 4. The Morgan fingerprint density at radius 1 is 1.43 bits per heavy atom. The molecule has 1 N–H and O–H groups in total. The van der Waals surface area contributed by atoms with Crippen molar-refractivity contribution in [2.45, 2.75) is 25.9 Å².